The number of hydrogen-bond acceptors (Lipinski definition) is 5. The molecule has 0 bridgehead atoms. The second-order valence-corrected chi connectivity index (χ2v) is 6.64. The van der Waals surface area contributed by atoms with Gasteiger partial charge in [-0.05, 0) is 50.2 Å². The Bertz CT molecular complexity index is 678. The topological polar surface area (TPSA) is 61.6 Å². The van der Waals surface area contributed by atoms with E-state index in [0.717, 1.165) is 24.7 Å². The molecule has 1 atom stereocenters. The van der Waals surface area contributed by atoms with E-state index in [0.29, 0.717) is 12.1 Å². The molecule has 1 fully saturated rings. The quantitative estimate of drug-likeness (QED) is 0.874. The molecular formula is C19H26N4O2. The van der Waals surface area contributed by atoms with Crippen LogP contribution in [-0.2, 0) is 0 Å². The minimum Gasteiger partial charge on any atom is -0.468 e. The Morgan fingerprint density at radius 2 is 2.12 bits per heavy atom. The van der Waals surface area contributed by atoms with E-state index < -0.39 is 0 Å². The van der Waals surface area contributed by atoms with Gasteiger partial charge in [-0.25, -0.2) is 4.98 Å². The summed E-state index contributed by atoms with van der Waals surface area (Å²) < 4.78 is 5.63. The molecule has 1 aliphatic heterocycles. The fourth-order valence-electron chi connectivity index (χ4n) is 3.22. The van der Waals surface area contributed by atoms with E-state index in [9.17, 15) is 4.79 Å². The van der Waals surface area contributed by atoms with E-state index >= 15 is 0 Å². The maximum absolute atomic E-state index is 12.6. The lowest BCUT2D eigenvalue weighted by Crippen LogP contribution is -2.40. The van der Waals surface area contributed by atoms with Gasteiger partial charge in [-0.2, -0.15) is 0 Å². The fraction of sp³-hybridized carbons (Fsp3) is 0.474. The second kappa shape index (κ2) is 8.16. The Balaban J connectivity index is 1.68. The molecule has 0 saturated carbocycles. The van der Waals surface area contributed by atoms with Crippen molar-refractivity contribution in [3.63, 3.8) is 0 Å². The molecule has 0 aromatic carbocycles. The summed E-state index contributed by atoms with van der Waals surface area (Å²) in [5.41, 5.74) is 0.621. The molecule has 1 unspecified atom stereocenters. The van der Waals surface area contributed by atoms with Gasteiger partial charge < -0.3 is 14.6 Å². The third kappa shape index (κ3) is 4.39. The molecule has 1 aliphatic rings. The van der Waals surface area contributed by atoms with Crippen molar-refractivity contribution in [1.29, 1.82) is 0 Å². The smallest absolute Gasteiger partial charge is 0.251 e. The van der Waals surface area contributed by atoms with Gasteiger partial charge in [-0.15, -0.1) is 0 Å². The molecule has 0 aliphatic carbocycles. The average Bonchev–Trinajstić information content (AvgIpc) is 3.17. The summed E-state index contributed by atoms with van der Waals surface area (Å²) in [7, 11) is 3.82. The zero-order chi connectivity index (χ0) is 17.6. The van der Waals surface area contributed by atoms with E-state index in [1.807, 2.05) is 31.1 Å². The minimum atomic E-state index is -0.0842. The summed E-state index contributed by atoms with van der Waals surface area (Å²) >= 11 is 0. The average molecular weight is 342 g/mol. The van der Waals surface area contributed by atoms with Crippen molar-refractivity contribution in [3.8, 4) is 0 Å². The van der Waals surface area contributed by atoms with Crippen LogP contribution in [0.3, 0.4) is 0 Å². The zero-order valence-corrected chi connectivity index (χ0v) is 14.9. The van der Waals surface area contributed by atoms with E-state index in [1.165, 1.54) is 19.3 Å². The first-order valence-electron chi connectivity index (χ1n) is 8.84. The van der Waals surface area contributed by atoms with Crippen LogP contribution >= 0.6 is 0 Å². The van der Waals surface area contributed by atoms with Gasteiger partial charge in [0.2, 0.25) is 0 Å². The van der Waals surface area contributed by atoms with Gasteiger partial charge >= 0.3 is 0 Å². The van der Waals surface area contributed by atoms with Crippen molar-refractivity contribution >= 4 is 11.7 Å². The molecule has 134 valence electrons. The SMILES string of the molecule is CN(C)c1cc(C(=O)NCC(c2ccco2)N2CCCCC2)ccn1. The summed E-state index contributed by atoms with van der Waals surface area (Å²) in [6, 6.07) is 7.51. The number of piperidine rings is 1. The van der Waals surface area contributed by atoms with Crippen LogP contribution in [0.2, 0.25) is 0 Å². The summed E-state index contributed by atoms with van der Waals surface area (Å²) in [4.78, 5) is 21.1. The van der Waals surface area contributed by atoms with E-state index in [-0.39, 0.29) is 11.9 Å². The number of nitrogens with zero attached hydrogens (tertiary/aromatic N) is 3. The normalized spacial score (nSPS) is 16.4. The van der Waals surface area contributed by atoms with Crippen molar-refractivity contribution in [3.05, 3.63) is 48.0 Å². The van der Waals surface area contributed by atoms with Crippen LogP contribution in [0.15, 0.2) is 41.1 Å². The van der Waals surface area contributed by atoms with Gasteiger partial charge in [-0.3, -0.25) is 9.69 Å². The Morgan fingerprint density at radius 1 is 1.32 bits per heavy atom. The van der Waals surface area contributed by atoms with Crippen molar-refractivity contribution in [2.24, 2.45) is 0 Å². The number of nitrogens with one attached hydrogen (secondary N) is 1. The van der Waals surface area contributed by atoms with Crippen molar-refractivity contribution in [2.75, 3.05) is 38.6 Å². The lowest BCUT2D eigenvalue weighted by molar-refractivity contribution is 0.0914. The highest BCUT2D eigenvalue weighted by atomic mass is 16.3. The number of aromatic nitrogens is 1. The molecule has 3 heterocycles. The number of likely N-dealkylation sites (tertiary alicyclic amines) is 1. The third-order valence-corrected chi connectivity index (χ3v) is 4.62. The molecule has 2 aromatic heterocycles. The van der Waals surface area contributed by atoms with Crippen LogP contribution in [0.1, 0.15) is 41.4 Å². The standard InChI is InChI=1S/C19H26N4O2/c1-22(2)18-13-15(8-9-20-18)19(24)21-14-16(17-7-6-12-25-17)23-10-4-3-5-11-23/h6-9,12-13,16H,3-5,10-11,14H2,1-2H3,(H,21,24). The van der Waals surface area contributed by atoms with Crippen LogP contribution in [0.5, 0.6) is 0 Å². The first-order valence-corrected chi connectivity index (χ1v) is 8.84. The van der Waals surface area contributed by atoms with Crippen molar-refractivity contribution in [1.82, 2.24) is 15.2 Å². The molecule has 3 rings (SSSR count). The largest absolute Gasteiger partial charge is 0.468 e. The fourth-order valence-corrected chi connectivity index (χ4v) is 3.22. The van der Waals surface area contributed by atoms with Crippen LogP contribution in [-0.4, -0.2) is 49.5 Å². The van der Waals surface area contributed by atoms with Crippen LogP contribution in [0.25, 0.3) is 0 Å². The number of anilines is 1. The molecule has 1 saturated heterocycles. The zero-order valence-electron chi connectivity index (χ0n) is 14.9. The lowest BCUT2D eigenvalue weighted by atomic mass is 10.1. The molecule has 1 N–H and O–H groups in total. The third-order valence-electron chi connectivity index (χ3n) is 4.62. The molecule has 25 heavy (non-hydrogen) atoms. The molecule has 1 amide bonds. The van der Waals surface area contributed by atoms with E-state index in [2.05, 4.69) is 15.2 Å². The number of carbonyl (C=O) groups excluding carboxylic acids is 1. The summed E-state index contributed by atoms with van der Waals surface area (Å²) in [6.07, 6.45) is 7.03. The number of pyridine rings is 1. The first-order chi connectivity index (χ1) is 12.1. The van der Waals surface area contributed by atoms with Crippen LogP contribution in [0, 0.1) is 0 Å². The van der Waals surface area contributed by atoms with Gasteiger partial charge in [-0.1, -0.05) is 6.42 Å². The maximum Gasteiger partial charge on any atom is 0.251 e. The lowest BCUT2D eigenvalue weighted by Gasteiger charge is -2.33. The number of furan rings is 1. The monoisotopic (exact) mass is 342 g/mol. The first kappa shape index (κ1) is 17.5. The second-order valence-electron chi connectivity index (χ2n) is 6.64. The van der Waals surface area contributed by atoms with Crippen molar-refractivity contribution in [2.45, 2.75) is 25.3 Å². The molecule has 0 radical (unpaired) electrons. The Labute approximate surface area is 148 Å². The molecule has 2 aromatic rings. The van der Waals surface area contributed by atoms with E-state index in [4.69, 9.17) is 4.42 Å². The number of hydrogen-bond donors (Lipinski definition) is 1. The summed E-state index contributed by atoms with van der Waals surface area (Å²) in [5.74, 6) is 1.59. The predicted octanol–water partition coefficient (Wildman–Crippen LogP) is 2.70. The van der Waals surface area contributed by atoms with Gasteiger partial charge in [0.25, 0.3) is 5.91 Å². The molecule has 6 heteroatoms. The van der Waals surface area contributed by atoms with Crippen LogP contribution < -0.4 is 10.2 Å². The summed E-state index contributed by atoms with van der Waals surface area (Å²) in [5, 5.41) is 3.06. The van der Waals surface area contributed by atoms with E-state index in [1.54, 1.807) is 24.6 Å². The highest BCUT2D eigenvalue weighted by Gasteiger charge is 2.25. The highest BCUT2D eigenvalue weighted by molar-refractivity contribution is 5.94. The molecule has 0 spiro atoms. The van der Waals surface area contributed by atoms with Gasteiger partial charge in [0.05, 0.1) is 12.3 Å². The van der Waals surface area contributed by atoms with Gasteiger partial charge in [0.15, 0.2) is 0 Å². The number of carbonyl (C=O) groups is 1. The number of rotatable bonds is 6. The Hall–Kier alpha value is -2.34. The predicted molar refractivity (Wildman–Crippen MR) is 97.8 cm³/mol. The Morgan fingerprint density at radius 3 is 2.80 bits per heavy atom. The number of amides is 1. The van der Waals surface area contributed by atoms with Crippen molar-refractivity contribution < 1.29 is 9.21 Å². The Kier molecular flexibility index (Phi) is 5.71. The maximum atomic E-state index is 12.6. The molecular weight excluding hydrogens is 316 g/mol. The van der Waals surface area contributed by atoms with Gasteiger partial charge in [0, 0.05) is 32.4 Å². The van der Waals surface area contributed by atoms with Gasteiger partial charge in [0.1, 0.15) is 11.6 Å². The minimum absolute atomic E-state index is 0.0782. The molecule has 6 nitrogen and oxygen atoms in total. The summed E-state index contributed by atoms with van der Waals surface area (Å²) in [6.45, 7) is 2.62. The highest BCUT2D eigenvalue weighted by Crippen LogP contribution is 2.24. The van der Waals surface area contributed by atoms with Crippen LogP contribution in [0.4, 0.5) is 5.82 Å².